The quantitative estimate of drug-likeness (QED) is 0.404. The van der Waals surface area contributed by atoms with Gasteiger partial charge in [0, 0.05) is 42.0 Å². The summed E-state index contributed by atoms with van der Waals surface area (Å²) in [6.07, 6.45) is 0. The molecule has 1 amide bonds. The Labute approximate surface area is 209 Å². The number of hydrogen-bond acceptors (Lipinski definition) is 5. The average Bonchev–Trinajstić information content (AvgIpc) is 2.84. The number of rotatable bonds is 10. The molecule has 0 bridgehead atoms. The van der Waals surface area contributed by atoms with E-state index in [-0.39, 0.29) is 66.7 Å². The van der Waals surface area contributed by atoms with Gasteiger partial charge < -0.3 is 24.4 Å². The summed E-state index contributed by atoms with van der Waals surface area (Å²) in [5.41, 5.74) is 1.59. The number of pyridine rings is 1. The van der Waals surface area contributed by atoms with Crippen LogP contribution in [0.25, 0.3) is 0 Å². The number of aryl methyl sites for hydroxylation is 1. The number of carbonyl (C=O) groups excluding carboxylic acids is 1. The highest BCUT2D eigenvalue weighted by Crippen LogP contribution is 2.24. The fraction of sp³-hybridized carbons (Fsp3) is 0.280. The van der Waals surface area contributed by atoms with Crippen LogP contribution in [-0.2, 0) is 13.2 Å². The number of aliphatic hydroxyl groups is 2. The maximum Gasteiger partial charge on any atom is 0.269 e. The molecule has 0 fully saturated rings. The number of carbonyl (C=O) groups is 1. The molecule has 186 valence electrons. The van der Waals surface area contributed by atoms with Gasteiger partial charge in [0.2, 0.25) is 0 Å². The van der Waals surface area contributed by atoms with E-state index < -0.39 is 11.6 Å². The molecule has 2 aromatic carbocycles. The second-order valence-electron chi connectivity index (χ2n) is 7.82. The molecule has 0 aliphatic carbocycles. The van der Waals surface area contributed by atoms with Crippen molar-refractivity contribution in [3.8, 4) is 5.75 Å². The van der Waals surface area contributed by atoms with Crippen LogP contribution in [0.5, 0.6) is 5.75 Å². The van der Waals surface area contributed by atoms with E-state index in [1.807, 2.05) is 0 Å². The van der Waals surface area contributed by atoms with Crippen molar-refractivity contribution in [3.63, 3.8) is 0 Å². The number of halogens is 3. The minimum atomic E-state index is -0.732. The summed E-state index contributed by atoms with van der Waals surface area (Å²) in [5.74, 6) is -1.49. The molecule has 0 spiro atoms. The van der Waals surface area contributed by atoms with Crippen molar-refractivity contribution in [2.75, 3.05) is 26.3 Å². The first-order valence-corrected chi connectivity index (χ1v) is 11.6. The molecular formula is C25H25BrF2N2O5. The third kappa shape index (κ3) is 6.53. The number of nitrogens with zero attached hydrogens (tertiary/aromatic N) is 2. The van der Waals surface area contributed by atoms with Crippen molar-refractivity contribution in [2.45, 2.75) is 20.1 Å². The van der Waals surface area contributed by atoms with Gasteiger partial charge in [0.15, 0.2) is 0 Å². The second-order valence-corrected chi connectivity index (χ2v) is 8.61. The van der Waals surface area contributed by atoms with Gasteiger partial charge in [-0.3, -0.25) is 9.59 Å². The lowest BCUT2D eigenvalue weighted by molar-refractivity contribution is 0.0685. The van der Waals surface area contributed by atoms with E-state index in [1.54, 1.807) is 37.3 Å². The molecule has 35 heavy (non-hydrogen) atoms. The smallest absolute Gasteiger partial charge is 0.269 e. The normalized spacial score (nSPS) is 10.9. The highest BCUT2D eigenvalue weighted by molar-refractivity contribution is 9.10. The topological polar surface area (TPSA) is 92.0 Å². The molecule has 1 heterocycles. The summed E-state index contributed by atoms with van der Waals surface area (Å²) in [5, 5.41) is 18.2. The zero-order valence-corrected chi connectivity index (χ0v) is 20.6. The van der Waals surface area contributed by atoms with E-state index >= 15 is 0 Å². The molecular weight excluding hydrogens is 526 g/mol. The fourth-order valence-electron chi connectivity index (χ4n) is 3.49. The van der Waals surface area contributed by atoms with Crippen LogP contribution in [-0.4, -0.2) is 51.9 Å². The van der Waals surface area contributed by atoms with Crippen LogP contribution in [0.1, 0.15) is 27.2 Å². The predicted molar refractivity (Wildman–Crippen MR) is 129 cm³/mol. The van der Waals surface area contributed by atoms with Crippen molar-refractivity contribution in [1.29, 1.82) is 0 Å². The Kier molecular flexibility index (Phi) is 9.13. The van der Waals surface area contributed by atoms with Gasteiger partial charge in [0.25, 0.3) is 11.5 Å². The largest absolute Gasteiger partial charge is 0.487 e. The van der Waals surface area contributed by atoms with Gasteiger partial charge in [-0.05, 0) is 52.7 Å². The number of benzene rings is 2. The number of hydrogen-bond donors (Lipinski definition) is 2. The Morgan fingerprint density at radius 1 is 1.06 bits per heavy atom. The Balaban J connectivity index is 1.75. The van der Waals surface area contributed by atoms with Gasteiger partial charge in [-0.15, -0.1) is 0 Å². The summed E-state index contributed by atoms with van der Waals surface area (Å²) < 4.78 is 34.3. The van der Waals surface area contributed by atoms with Gasteiger partial charge in [0.05, 0.1) is 19.8 Å². The number of aliphatic hydroxyl groups excluding tert-OH is 2. The van der Waals surface area contributed by atoms with Crippen LogP contribution in [0.3, 0.4) is 0 Å². The van der Waals surface area contributed by atoms with E-state index in [0.717, 1.165) is 17.7 Å². The summed E-state index contributed by atoms with van der Waals surface area (Å²) >= 11 is 3.26. The minimum Gasteiger partial charge on any atom is -0.487 e. The lowest BCUT2D eigenvalue weighted by atomic mass is 10.1. The maximum atomic E-state index is 13.9. The second kappa shape index (κ2) is 12.1. The molecule has 0 saturated heterocycles. The van der Waals surface area contributed by atoms with Gasteiger partial charge in [-0.25, -0.2) is 8.78 Å². The van der Waals surface area contributed by atoms with E-state index in [0.29, 0.717) is 11.3 Å². The molecule has 0 saturated carbocycles. The predicted octanol–water partition coefficient (Wildman–Crippen LogP) is 3.25. The maximum absolute atomic E-state index is 13.9. The lowest BCUT2D eigenvalue weighted by Crippen LogP contribution is -2.35. The van der Waals surface area contributed by atoms with E-state index in [4.69, 9.17) is 14.9 Å². The SMILES string of the molecule is Cc1cc(OCc2ccc(F)cc2F)c(Br)c(=O)n1Cc1ccc(C(=O)N(CCO)CCO)cc1. The number of amides is 1. The Hall–Kier alpha value is -3.08. The minimum absolute atomic E-state index is 0.117. The van der Waals surface area contributed by atoms with Crippen LogP contribution in [0.15, 0.2) is 57.8 Å². The van der Waals surface area contributed by atoms with Gasteiger partial charge in [-0.2, -0.15) is 0 Å². The number of ether oxygens (including phenoxy) is 1. The van der Waals surface area contributed by atoms with Crippen LogP contribution >= 0.6 is 15.9 Å². The molecule has 10 heteroatoms. The standard InChI is InChI=1S/C25H25BrF2N2O5/c1-16-12-22(35-15-19-6-7-20(27)13-21(19)28)23(26)25(34)30(16)14-17-2-4-18(5-3-17)24(33)29(8-10-31)9-11-32/h2-7,12-13,31-32H,8-11,14-15H2,1H3. The monoisotopic (exact) mass is 550 g/mol. The Morgan fingerprint density at radius 3 is 2.31 bits per heavy atom. The zero-order valence-electron chi connectivity index (χ0n) is 19.0. The van der Waals surface area contributed by atoms with Crippen molar-refractivity contribution in [3.05, 3.63) is 97.4 Å². The zero-order chi connectivity index (χ0) is 25.5. The average molecular weight is 551 g/mol. The Morgan fingerprint density at radius 2 is 1.71 bits per heavy atom. The summed E-state index contributed by atoms with van der Waals surface area (Å²) in [6, 6.07) is 11.5. The lowest BCUT2D eigenvalue weighted by Gasteiger charge is -2.21. The van der Waals surface area contributed by atoms with Crippen LogP contribution in [0, 0.1) is 18.6 Å². The third-order valence-corrected chi connectivity index (χ3v) is 6.11. The first-order chi connectivity index (χ1) is 16.7. The van der Waals surface area contributed by atoms with Crippen molar-refractivity contribution in [1.82, 2.24) is 9.47 Å². The molecule has 0 unspecified atom stereocenters. The highest BCUT2D eigenvalue weighted by Gasteiger charge is 2.16. The molecule has 3 aromatic rings. The Bertz CT molecular complexity index is 1240. The van der Waals surface area contributed by atoms with Crippen LogP contribution in [0.4, 0.5) is 8.78 Å². The van der Waals surface area contributed by atoms with Crippen LogP contribution < -0.4 is 10.3 Å². The molecule has 7 nitrogen and oxygen atoms in total. The molecule has 0 aliphatic heterocycles. The molecule has 0 radical (unpaired) electrons. The van der Waals surface area contributed by atoms with E-state index in [9.17, 15) is 18.4 Å². The first-order valence-electron chi connectivity index (χ1n) is 10.8. The van der Waals surface area contributed by atoms with Crippen molar-refractivity contribution in [2.24, 2.45) is 0 Å². The van der Waals surface area contributed by atoms with Crippen molar-refractivity contribution < 1.29 is 28.5 Å². The highest BCUT2D eigenvalue weighted by atomic mass is 79.9. The summed E-state index contributed by atoms with van der Waals surface area (Å²) in [4.78, 5) is 26.9. The van der Waals surface area contributed by atoms with Gasteiger partial charge >= 0.3 is 0 Å². The van der Waals surface area contributed by atoms with Crippen LogP contribution in [0.2, 0.25) is 0 Å². The number of aromatic nitrogens is 1. The van der Waals surface area contributed by atoms with Gasteiger partial charge in [-0.1, -0.05) is 12.1 Å². The first kappa shape index (κ1) is 26.5. The molecule has 3 rings (SSSR count). The van der Waals surface area contributed by atoms with E-state index in [1.165, 1.54) is 15.5 Å². The molecule has 0 atom stereocenters. The van der Waals surface area contributed by atoms with Gasteiger partial charge in [0.1, 0.15) is 28.5 Å². The summed E-state index contributed by atoms with van der Waals surface area (Å²) in [7, 11) is 0. The molecule has 2 N–H and O–H groups in total. The van der Waals surface area contributed by atoms with E-state index in [2.05, 4.69) is 15.9 Å². The molecule has 1 aromatic heterocycles. The third-order valence-electron chi connectivity index (χ3n) is 5.38. The molecule has 0 aliphatic rings. The summed E-state index contributed by atoms with van der Waals surface area (Å²) in [6.45, 7) is 1.61. The fourth-order valence-corrected chi connectivity index (χ4v) is 3.93. The van der Waals surface area contributed by atoms with Crippen molar-refractivity contribution >= 4 is 21.8 Å².